The first kappa shape index (κ1) is 20.4. The van der Waals surface area contributed by atoms with Gasteiger partial charge in [-0.1, -0.05) is 23.7 Å². The second kappa shape index (κ2) is 8.48. The number of benzene rings is 2. The monoisotopic (exact) mass is 427 g/mol. The Bertz CT molecular complexity index is 1090. The van der Waals surface area contributed by atoms with Gasteiger partial charge in [0.1, 0.15) is 11.9 Å². The highest BCUT2D eigenvalue weighted by Gasteiger charge is 2.29. The van der Waals surface area contributed by atoms with Gasteiger partial charge in [-0.25, -0.2) is 4.39 Å². The van der Waals surface area contributed by atoms with E-state index in [1.807, 2.05) is 6.20 Å². The molecule has 2 amide bonds. The van der Waals surface area contributed by atoms with Crippen molar-refractivity contribution in [1.29, 1.82) is 0 Å². The average Bonchev–Trinajstić information content (AvgIpc) is 3.16. The Morgan fingerprint density at radius 2 is 1.93 bits per heavy atom. The molecule has 3 aromatic rings. The zero-order valence-corrected chi connectivity index (χ0v) is 17.4. The van der Waals surface area contributed by atoms with Crippen LogP contribution in [-0.4, -0.2) is 40.8 Å². The Balaban J connectivity index is 1.37. The van der Waals surface area contributed by atoms with Crippen LogP contribution in [0.5, 0.6) is 0 Å². The standard InChI is InChI=1S/C23H23ClFN3O2/c1-14(27-22(29)18-4-2-3-5-20(18)24)23(30)28-10-8-15(9-11-28)19-13-26-21-12-16(25)6-7-17(19)21/h2-7,12-15,26H,8-11H2,1H3,(H,27,29). The minimum absolute atomic E-state index is 0.102. The number of likely N-dealkylation sites (tertiary alicyclic amines) is 1. The number of carbonyl (C=O) groups excluding carboxylic acids is 2. The van der Waals surface area contributed by atoms with Gasteiger partial charge >= 0.3 is 0 Å². The van der Waals surface area contributed by atoms with Gasteiger partial charge in [0, 0.05) is 30.2 Å². The van der Waals surface area contributed by atoms with Crippen LogP contribution < -0.4 is 5.32 Å². The molecule has 0 spiro atoms. The number of carbonyl (C=O) groups is 2. The van der Waals surface area contributed by atoms with Crippen LogP contribution in [0.4, 0.5) is 4.39 Å². The quantitative estimate of drug-likeness (QED) is 0.644. The van der Waals surface area contributed by atoms with Crippen LogP contribution in [0.2, 0.25) is 5.02 Å². The van der Waals surface area contributed by atoms with Crippen molar-refractivity contribution in [2.75, 3.05) is 13.1 Å². The van der Waals surface area contributed by atoms with Crippen LogP contribution in [0.1, 0.15) is 41.6 Å². The van der Waals surface area contributed by atoms with Gasteiger partial charge in [0.2, 0.25) is 5.91 Å². The summed E-state index contributed by atoms with van der Waals surface area (Å²) in [4.78, 5) is 30.2. The molecule has 2 N–H and O–H groups in total. The average molecular weight is 428 g/mol. The highest BCUT2D eigenvalue weighted by atomic mass is 35.5. The SMILES string of the molecule is CC(NC(=O)c1ccccc1Cl)C(=O)N1CCC(c2c[nH]c3cc(F)ccc23)CC1. The van der Waals surface area contributed by atoms with Gasteiger partial charge in [0.05, 0.1) is 10.6 Å². The molecular weight excluding hydrogens is 405 g/mol. The number of rotatable bonds is 4. The summed E-state index contributed by atoms with van der Waals surface area (Å²) in [6.07, 6.45) is 3.58. The summed E-state index contributed by atoms with van der Waals surface area (Å²) in [7, 11) is 0. The Morgan fingerprint density at radius 3 is 2.67 bits per heavy atom. The highest BCUT2D eigenvalue weighted by molar-refractivity contribution is 6.33. The van der Waals surface area contributed by atoms with E-state index >= 15 is 0 Å². The lowest BCUT2D eigenvalue weighted by Gasteiger charge is -2.33. The number of aromatic amines is 1. The van der Waals surface area contributed by atoms with E-state index < -0.39 is 6.04 Å². The molecule has 1 aliphatic rings. The number of amides is 2. The Kier molecular flexibility index (Phi) is 5.77. The summed E-state index contributed by atoms with van der Waals surface area (Å²) in [5, 5.41) is 4.13. The summed E-state index contributed by atoms with van der Waals surface area (Å²) in [6, 6.07) is 10.9. The Hall–Kier alpha value is -2.86. The molecule has 1 unspecified atom stereocenters. The van der Waals surface area contributed by atoms with Crippen LogP contribution >= 0.6 is 11.6 Å². The van der Waals surface area contributed by atoms with Crippen molar-refractivity contribution in [3.8, 4) is 0 Å². The smallest absolute Gasteiger partial charge is 0.253 e. The summed E-state index contributed by atoms with van der Waals surface area (Å²) >= 11 is 6.07. The summed E-state index contributed by atoms with van der Waals surface area (Å²) in [6.45, 7) is 2.92. The molecule has 2 aromatic carbocycles. The minimum atomic E-state index is -0.638. The molecular formula is C23H23ClFN3O2. The first-order chi connectivity index (χ1) is 14.4. The largest absolute Gasteiger partial charge is 0.361 e. The molecule has 7 heteroatoms. The van der Waals surface area contributed by atoms with Gasteiger partial charge < -0.3 is 15.2 Å². The van der Waals surface area contributed by atoms with Gasteiger partial charge in [-0.05, 0) is 61.6 Å². The number of nitrogens with one attached hydrogen (secondary N) is 2. The molecule has 2 heterocycles. The van der Waals surface area contributed by atoms with E-state index in [-0.39, 0.29) is 17.6 Å². The first-order valence-corrected chi connectivity index (χ1v) is 10.4. The number of H-pyrrole nitrogens is 1. The number of piperidine rings is 1. The fourth-order valence-electron chi connectivity index (χ4n) is 4.12. The second-order valence-electron chi connectivity index (χ2n) is 7.71. The van der Waals surface area contributed by atoms with Crippen LogP contribution in [-0.2, 0) is 4.79 Å². The van der Waals surface area contributed by atoms with Gasteiger partial charge in [0.15, 0.2) is 0 Å². The topological polar surface area (TPSA) is 65.2 Å². The molecule has 1 saturated heterocycles. The maximum atomic E-state index is 13.4. The molecule has 1 aliphatic heterocycles. The van der Waals surface area contributed by atoms with E-state index in [4.69, 9.17) is 11.6 Å². The molecule has 0 aliphatic carbocycles. The van der Waals surface area contributed by atoms with Crippen molar-refractivity contribution in [2.24, 2.45) is 0 Å². The van der Waals surface area contributed by atoms with Crippen molar-refractivity contribution < 1.29 is 14.0 Å². The minimum Gasteiger partial charge on any atom is -0.361 e. The zero-order valence-electron chi connectivity index (χ0n) is 16.6. The van der Waals surface area contributed by atoms with Crippen LogP contribution in [0.3, 0.4) is 0 Å². The van der Waals surface area contributed by atoms with Crippen molar-refractivity contribution in [2.45, 2.75) is 31.7 Å². The van der Waals surface area contributed by atoms with Gasteiger partial charge in [-0.2, -0.15) is 0 Å². The molecule has 30 heavy (non-hydrogen) atoms. The predicted molar refractivity (Wildman–Crippen MR) is 115 cm³/mol. The van der Waals surface area contributed by atoms with E-state index in [9.17, 15) is 14.0 Å². The lowest BCUT2D eigenvalue weighted by Crippen LogP contribution is -2.49. The lowest BCUT2D eigenvalue weighted by atomic mass is 9.89. The fourth-order valence-corrected chi connectivity index (χ4v) is 4.35. The number of aromatic nitrogens is 1. The number of nitrogens with zero attached hydrogens (tertiary/aromatic N) is 1. The third-order valence-corrected chi connectivity index (χ3v) is 6.09. The normalized spacial score (nSPS) is 15.9. The predicted octanol–water partition coefficient (Wildman–Crippen LogP) is 4.48. The Labute approximate surface area is 179 Å². The number of hydrogen-bond acceptors (Lipinski definition) is 2. The number of hydrogen-bond donors (Lipinski definition) is 2. The van der Waals surface area contributed by atoms with E-state index in [1.165, 1.54) is 12.1 Å². The number of halogens is 2. The maximum Gasteiger partial charge on any atom is 0.253 e. The molecule has 0 bridgehead atoms. The first-order valence-electron chi connectivity index (χ1n) is 10.0. The van der Waals surface area contributed by atoms with Crippen LogP contribution in [0.15, 0.2) is 48.7 Å². The van der Waals surface area contributed by atoms with Crippen molar-refractivity contribution in [1.82, 2.24) is 15.2 Å². The third kappa shape index (κ3) is 4.05. The third-order valence-electron chi connectivity index (χ3n) is 5.76. The number of fused-ring (bicyclic) bond motifs is 1. The molecule has 1 atom stereocenters. The van der Waals surface area contributed by atoms with Gasteiger partial charge in [0.25, 0.3) is 5.91 Å². The van der Waals surface area contributed by atoms with Gasteiger partial charge in [-0.15, -0.1) is 0 Å². The van der Waals surface area contributed by atoms with Crippen molar-refractivity contribution in [3.05, 3.63) is 70.6 Å². The van der Waals surface area contributed by atoms with Gasteiger partial charge in [-0.3, -0.25) is 9.59 Å². The molecule has 0 radical (unpaired) electrons. The van der Waals surface area contributed by atoms with E-state index in [1.54, 1.807) is 42.2 Å². The molecule has 1 aromatic heterocycles. The summed E-state index contributed by atoms with van der Waals surface area (Å²) in [5.74, 6) is -0.414. The van der Waals surface area contributed by atoms with Crippen LogP contribution in [0, 0.1) is 5.82 Å². The molecule has 5 nitrogen and oxygen atoms in total. The van der Waals surface area contributed by atoms with Crippen molar-refractivity contribution >= 4 is 34.3 Å². The molecule has 1 fully saturated rings. The molecule has 0 saturated carbocycles. The summed E-state index contributed by atoms with van der Waals surface area (Å²) in [5.41, 5.74) is 2.31. The summed E-state index contributed by atoms with van der Waals surface area (Å²) < 4.78 is 13.4. The van der Waals surface area contributed by atoms with E-state index in [0.29, 0.717) is 29.6 Å². The maximum absolute atomic E-state index is 13.4. The molecule has 4 rings (SSSR count). The highest BCUT2D eigenvalue weighted by Crippen LogP contribution is 2.33. The van der Waals surface area contributed by atoms with Crippen molar-refractivity contribution in [3.63, 3.8) is 0 Å². The Morgan fingerprint density at radius 1 is 1.20 bits per heavy atom. The van der Waals surface area contributed by atoms with E-state index in [0.717, 1.165) is 29.3 Å². The zero-order chi connectivity index (χ0) is 21.3. The fraction of sp³-hybridized carbons (Fsp3) is 0.304. The lowest BCUT2D eigenvalue weighted by molar-refractivity contribution is -0.133. The second-order valence-corrected chi connectivity index (χ2v) is 8.12. The molecule has 156 valence electrons. The van der Waals surface area contributed by atoms with E-state index in [2.05, 4.69) is 10.3 Å². The van der Waals surface area contributed by atoms with Crippen LogP contribution in [0.25, 0.3) is 10.9 Å².